The Kier molecular flexibility index (Phi) is 5.12. The quantitative estimate of drug-likeness (QED) is 0.777. The molecule has 1 aliphatic rings. The van der Waals surface area contributed by atoms with E-state index in [0.717, 1.165) is 42.3 Å². The first-order chi connectivity index (χ1) is 10.4. The Labute approximate surface area is 128 Å². The second-order valence-corrected chi connectivity index (χ2v) is 7.29. The van der Waals surface area contributed by atoms with Crippen molar-refractivity contribution in [3.05, 3.63) is 39.2 Å². The predicted octanol–water partition coefficient (Wildman–Crippen LogP) is 0.213. The van der Waals surface area contributed by atoms with Gasteiger partial charge in [0.15, 0.2) is 9.84 Å². The average molecular weight is 325 g/mol. The van der Waals surface area contributed by atoms with E-state index in [1.165, 1.54) is 0 Å². The minimum absolute atomic E-state index is 0.0904. The highest BCUT2D eigenvalue weighted by molar-refractivity contribution is 7.94. The lowest BCUT2D eigenvalue weighted by atomic mass is 9.93. The second kappa shape index (κ2) is 6.87. The number of aryl methyl sites for hydroxylation is 1. The maximum absolute atomic E-state index is 11.9. The zero-order valence-corrected chi connectivity index (χ0v) is 13.0. The van der Waals surface area contributed by atoms with Crippen LogP contribution >= 0.6 is 0 Å². The predicted molar refractivity (Wildman–Crippen MR) is 81.9 cm³/mol. The van der Waals surface area contributed by atoms with E-state index >= 15 is 0 Å². The first-order valence-electron chi connectivity index (χ1n) is 7.14. The van der Waals surface area contributed by atoms with E-state index < -0.39 is 15.7 Å². The second-order valence-electron chi connectivity index (χ2n) is 5.22. The summed E-state index contributed by atoms with van der Waals surface area (Å²) in [6.07, 6.45) is 3.49. The van der Waals surface area contributed by atoms with Crippen LogP contribution in [0.2, 0.25) is 0 Å². The summed E-state index contributed by atoms with van der Waals surface area (Å²) >= 11 is 0. The number of rotatable bonds is 6. The van der Waals surface area contributed by atoms with Crippen LogP contribution in [-0.2, 0) is 34.0 Å². The molecule has 0 radical (unpaired) electrons. The van der Waals surface area contributed by atoms with Crippen LogP contribution in [0.4, 0.5) is 0 Å². The van der Waals surface area contributed by atoms with Gasteiger partial charge in [-0.2, -0.15) is 5.10 Å². The van der Waals surface area contributed by atoms with Crippen LogP contribution in [0.15, 0.2) is 16.8 Å². The van der Waals surface area contributed by atoms with Crippen molar-refractivity contribution in [3.63, 3.8) is 0 Å². The highest BCUT2D eigenvalue weighted by atomic mass is 32.2. The molecule has 0 spiro atoms. The number of amides is 1. The Hall–Kier alpha value is -1.96. The average Bonchev–Trinajstić information content (AvgIpc) is 2.52. The number of H-pyrrole nitrogens is 1. The summed E-state index contributed by atoms with van der Waals surface area (Å²) in [5.41, 5.74) is 2.00. The fourth-order valence-electron chi connectivity index (χ4n) is 2.44. The molecule has 0 aromatic carbocycles. The fraction of sp³-hybridized carbons (Fsp3) is 0.500. The first kappa shape index (κ1) is 16.4. The molecule has 0 saturated heterocycles. The molecule has 2 rings (SSSR count). The number of sulfone groups is 1. The third-order valence-electron chi connectivity index (χ3n) is 3.70. The van der Waals surface area contributed by atoms with Gasteiger partial charge >= 0.3 is 0 Å². The molecule has 0 aliphatic heterocycles. The number of hydrogen-bond donors (Lipinski definition) is 2. The van der Waals surface area contributed by atoms with Crippen LogP contribution in [0.25, 0.3) is 0 Å². The standard InChI is InChI=1S/C14H19N3O4S/c1-2-22(20,21)8-7-13(18)15-9-11-10-5-3-4-6-12(10)16-17-14(11)19/h2H,1,3-9H2,(H,15,18)(H,17,19). The van der Waals surface area contributed by atoms with Crippen molar-refractivity contribution < 1.29 is 13.2 Å². The highest BCUT2D eigenvalue weighted by Gasteiger charge is 2.18. The smallest absolute Gasteiger partial charge is 0.269 e. The normalized spacial score (nSPS) is 14.2. The number of nitrogens with zero attached hydrogens (tertiary/aromatic N) is 1. The Morgan fingerprint density at radius 2 is 2.09 bits per heavy atom. The molecule has 0 bridgehead atoms. The minimum Gasteiger partial charge on any atom is -0.352 e. The molecular formula is C14H19N3O4S. The van der Waals surface area contributed by atoms with E-state index in [2.05, 4.69) is 22.1 Å². The molecule has 2 N–H and O–H groups in total. The number of fused-ring (bicyclic) bond motifs is 1. The molecule has 120 valence electrons. The van der Waals surface area contributed by atoms with Gasteiger partial charge in [-0.1, -0.05) is 6.58 Å². The van der Waals surface area contributed by atoms with E-state index in [4.69, 9.17) is 0 Å². The Bertz CT molecular complexity index is 737. The van der Waals surface area contributed by atoms with E-state index in [0.29, 0.717) is 5.56 Å². The van der Waals surface area contributed by atoms with Crippen molar-refractivity contribution in [2.24, 2.45) is 0 Å². The maximum atomic E-state index is 11.9. The molecule has 0 fully saturated rings. The van der Waals surface area contributed by atoms with E-state index in [1.807, 2.05) is 0 Å². The van der Waals surface area contributed by atoms with E-state index in [9.17, 15) is 18.0 Å². The van der Waals surface area contributed by atoms with Gasteiger partial charge in [0.05, 0.1) is 11.4 Å². The fourth-order valence-corrected chi connectivity index (χ4v) is 3.08. The number of carbonyl (C=O) groups is 1. The van der Waals surface area contributed by atoms with Crippen LogP contribution in [0.3, 0.4) is 0 Å². The van der Waals surface area contributed by atoms with E-state index in [-0.39, 0.29) is 24.3 Å². The molecule has 0 unspecified atom stereocenters. The third-order valence-corrected chi connectivity index (χ3v) is 4.98. The SMILES string of the molecule is C=CS(=O)(=O)CCC(=O)NCc1c2c(n[nH]c1=O)CCCC2. The summed E-state index contributed by atoms with van der Waals surface area (Å²) in [4.78, 5) is 23.6. The summed E-state index contributed by atoms with van der Waals surface area (Å²) in [5.74, 6) is -0.696. The highest BCUT2D eigenvalue weighted by Crippen LogP contribution is 2.19. The zero-order chi connectivity index (χ0) is 16.2. The van der Waals surface area contributed by atoms with Crippen LogP contribution < -0.4 is 10.9 Å². The lowest BCUT2D eigenvalue weighted by molar-refractivity contribution is -0.120. The topological polar surface area (TPSA) is 109 Å². The maximum Gasteiger partial charge on any atom is 0.269 e. The summed E-state index contributed by atoms with van der Waals surface area (Å²) in [6.45, 7) is 3.28. The van der Waals surface area contributed by atoms with Gasteiger partial charge in [0, 0.05) is 23.9 Å². The zero-order valence-electron chi connectivity index (χ0n) is 12.2. The van der Waals surface area contributed by atoms with Crippen molar-refractivity contribution in [1.82, 2.24) is 15.5 Å². The van der Waals surface area contributed by atoms with Crippen LogP contribution in [-0.4, -0.2) is 30.3 Å². The Balaban J connectivity index is 2.01. The molecule has 1 heterocycles. The van der Waals surface area contributed by atoms with Gasteiger partial charge in [-0.3, -0.25) is 9.59 Å². The van der Waals surface area contributed by atoms with Gasteiger partial charge in [0.25, 0.3) is 5.56 Å². The molecule has 1 amide bonds. The van der Waals surface area contributed by atoms with Crippen LogP contribution in [0.1, 0.15) is 36.1 Å². The van der Waals surface area contributed by atoms with Gasteiger partial charge in [-0.15, -0.1) is 0 Å². The molecule has 7 nitrogen and oxygen atoms in total. The lowest BCUT2D eigenvalue weighted by Crippen LogP contribution is -2.30. The van der Waals surface area contributed by atoms with E-state index in [1.54, 1.807) is 0 Å². The van der Waals surface area contributed by atoms with Gasteiger partial charge in [-0.25, -0.2) is 13.5 Å². The van der Waals surface area contributed by atoms with Gasteiger partial charge < -0.3 is 5.32 Å². The van der Waals surface area contributed by atoms with Gasteiger partial charge in [0.1, 0.15) is 0 Å². The number of hydrogen-bond acceptors (Lipinski definition) is 5. The first-order valence-corrected chi connectivity index (χ1v) is 8.85. The molecule has 0 atom stereocenters. The van der Waals surface area contributed by atoms with Gasteiger partial charge in [-0.05, 0) is 31.2 Å². The van der Waals surface area contributed by atoms with Crippen molar-refractivity contribution in [3.8, 4) is 0 Å². The molecule has 0 saturated carbocycles. The van der Waals surface area contributed by atoms with Crippen molar-refractivity contribution in [2.45, 2.75) is 38.6 Å². The molecule has 1 aromatic heterocycles. The summed E-state index contributed by atoms with van der Waals surface area (Å²) in [5, 5.41) is 9.94. The van der Waals surface area contributed by atoms with Crippen LogP contribution in [0.5, 0.6) is 0 Å². The Morgan fingerprint density at radius 3 is 2.82 bits per heavy atom. The molecule has 1 aliphatic carbocycles. The molecular weight excluding hydrogens is 306 g/mol. The molecule has 22 heavy (non-hydrogen) atoms. The monoisotopic (exact) mass is 325 g/mol. The summed E-state index contributed by atoms with van der Waals surface area (Å²) in [6, 6.07) is 0. The van der Waals surface area contributed by atoms with Gasteiger partial charge in [0.2, 0.25) is 5.91 Å². The summed E-state index contributed by atoms with van der Waals surface area (Å²) in [7, 11) is -3.39. The third kappa shape index (κ3) is 4.03. The number of aromatic amines is 1. The van der Waals surface area contributed by atoms with Crippen LogP contribution in [0, 0.1) is 0 Å². The Morgan fingerprint density at radius 1 is 1.36 bits per heavy atom. The van der Waals surface area contributed by atoms with Crippen molar-refractivity contribution in [1.29, 1.82) is 0 Å². The molecule has 1 aromatic rings. The number of aromatic nitrogens is 2. The minimum atomic E-state index is -3.39. The number of carbonyl (C=O) groups excluding carboxylic acids is 1. The van der Waals surface area contributed by atoms with Crippen molar-refractivity contribution >= 4 is 15.7 Å². The molecule has 8 heteroatoms. The summed E-state index contributed by atoms with van der Waals surface area (Å²) < 4.78 is 22.5. The van der Waals surface area contributed by atoms with Crippen molar-refractivity contribution in [2.75, 3.05) is 5.75 Å². The number of nitrogens with one attached hydrogen (secondary N) is 2. The lowest BCUT2D eigenvalue weighted by Gasteiger charge is -2.17. The largest absolute Gasteiger partial charge is 0.352 e.